The summed E-state index contributed by atoms with van der Waals surface area (Å²) in [5, 5.41) is 23.9. The number of hydrogen-bond acceptors (Lipinski definition) is 6. The first-order valence-electron chi connectivity index (χ1n) is 15.1. The average molecular weight is 669 g/mol. The van der Waals surface area contributed by atoms with Gasteiger partial charge in [0.05, 0.1) is 25.7 Å². The fourth-order valence-corrected chi connectivity index (χ4v) is 5.36. The molecule has 4 rings (SSSR count). The molecule has 254 valence electrons. The quantitative estimate of drug-likeness (QED) is 0.104. The highest BCUT2D eigenvalue weighted by Gasteiger charge is 2.32. The van der Waals surface area contributed by atoms with E-state index in [2.05, 4.69) is 14.8 Å². The lowest BCUT2D eigenvalue weighted by Gasteiger charge is -2.17. The Labute approximate surface area is 275 Å². The molecule has 2 atom stereocenters. The van der Waals surface area contributed by atoms with Crippen molar-refractivity contribution in [2.75, 3.05) is 7.11 Å². The van der Waals surface area contributed by atoms with Crippen molar-refractivity contribution in [3.8, 4) is 28.0 Å². The molecule has 0 saturated carbocycles. The minimum absolute atomic E-state index is 0.126. The molecule has 8 nitrogen and oxygen atoms in total. The van der Waals surface area contributed by atoms with Crippen LogP contribution in [0.2, 0.25) is 0 Å². The molecule has 0 aliphatic carbocycles. The molecule has 1 aromatic heterocycles. The molecule has 3 aromatic carbocycles. The van der Waals surface area contributed by atoms with Gasteiger partial charge in [0.1, 0.15) is 17.3 Å². The van der Waals surface area contributed by atoms with Gasteiger partial charge in [-0.1, -0.05) is 60.7 Å². The summed E-state index contributed by atoms with van der Waals surface area (Å²) in [4.78, 5) is 25.7. The fraction of sp³-hybridized carbons (Fsp3) is 0.278. The number of halogens is 4. The number of nitrogens with zero attached hydrogens (tertiary/aromatic N) is 1. The van der Waals surface area contributed by atoms with Gasteiger partial charge in [0, 0.05) is 35.8 Å². The van der Waals surface area contributed by atoms with Crippen molar-refractivity contribution < 1.29 is 46.8 Å². The number of ether oxygens (including phenoxy) is 2. The van der Waals surface area contributed by atoms with Crippen molar-refractivity contribution >= 4 is 18.0 Å². The molecular formula is C36H36F4N2O6. The summed E-state index contributed by atoms with van der Waals surface area (Å²) in [5.41, 5.74) is 3.36. The van der Waals surface area contributed by atoms with Crippen LogP contribution in [-0.2, 0) is 16.1 Å². The van der Waals surface area contributed by atoms with E-state index in [4.69, 9.17) is 0 Å². The zero-order valence-electron chi connectivity index (χ0n) is 26.5. The van der Waals surface area contributed by atoms with Gasteiger partial charge >= 0.3 is 12.3 Å². The summed E-state index contributed by atoms with van der Waals surface area (Å²) >= 11 is 0. The predicted octanol–water partition coefficient (Wildman–Crippen LogP) is 7.06. The number of amides is 1. The van der Waals surface area contributed by atoms with Crippen LogP contribution in [0.3, 0.4) is 0 Å². The number of aliphatic hydroxyl groups is 2. The predicted molar refractivity (Wildman–Crippen MR) is 172 cm³/mol. The molecule has 0 fully saturated rings. The van der Waals surface area contributed by atoms with E-state index in [1.54, 1.807) is 41.0 Å². The van der Waals surface area contributed by atoms with Gasteiger partial charge in [0.15, 0.2) is 0 Å². The first-order chi connectivity index (χ1) is 22.8. The Morgan fingerprint density at radius 1 is 0.938 bits per heavy atom. The van der Waals surface area contributed by atoms with Crippen molar-refractivity contribution in [2.24, 2.45) is 0 Å². The zero-order chi connectivity index (χ0) is 35.0. The number of carbonyl (C=O) groups is 2. The second-order valence-electron chi connectivity index (χ2n) is 11.3. The number of rotatable bonds is 13. The van der Waals surface area contributed by atoms with Gasteiger partial charge in [0.2, 0.25) is 0 Å². The molecule has 48 heavy (non-hydrogen) atoms. The van der Waals surface area contributed by atoms with Crippen LogP contribution in [0.5, 0.6) is 5.75 Å². The Balaban J connectivity index is 1.84. The molecule has 0 unspecified atom stereocenters. The van der Waals surface area contributed by atoms with E-state index in [-0.39, 0.29) is 31.1 Å². The molecule has 0 bridgehead atoms. The minimum Gasteiger partial charge on any atom is -0.469 e. The number of hydrogen-bond donors (Lipinski definition) is 3. The van der Waals surface area contributed by atoms with Gasteiger partial charge in [-0.3, -0.25) is 9.59 Å². The first kappa shape index (κ1) is 35.9. The minimum atomic E-state index is -4.88. The van der Waals surface area contributed by atoms with Crippen LogP contribution < -0.4 is 10.1 Å². The van der Waals surface area contributed by atoms with E-state index in [1.165, 1.54) is 37.5 Å². The van der Waals surface area contributed by atoms with E-state index in [0.717, 1.165) is 6.07 Å². The highest BCUT2D eigenvalue weighted by Crippen LogP contribution is 2.42. The van der Waals surface area contributed by atoms with E-state index >= 15 is 0 Å². The molecule has 0 saturated heterocycles. The monoisotopic (exact) mass is 668 g/mol. The average Bonchev–Trinajstić information content (AvgIpc) is 3.38. The lowest BCUT2D eigenvalue weighted by atomic mass is 9.94. The number of methoxy groups -OCH3 is 1. The van der Waals surface area contributed by atoms with E-state index < -0.39 is 42.0 Å². The normalized spacial score (nSPS) is 13.0. The summed E-state index contributed by atoms with van der Waals surface area (Å²) in [6, 6.07) is 19.7. The molecule has 0 radical (unpaired) electrons. The van der Waals surface area contributed by atoms with Gasteiger partial charge in [-0.05, 0) is 60.9 Å². The lowest BCUT2D eigenvalue weighted by molar-refractivity contribution is -0.274. The van der Waals surface area contributed by atoms with Gasteiger partial charge < -0.3 is 29.6 Å². The maximum Gasteiger partial charge on any atom is 0.573 e. The number of esters is 1. The number of carbonyl (C=O) groups excluding carboxylic acids is 2. The lowest BCUT2D eigenvalue weighted by Crippen LogP contribution is -2.27. The third-order valence-corrected chi connectivity index (χ3v) is 7.38. The molecule has 1 amide bonds. The van der Waals surface area contributed by atoms with Crippen LogP contribution in [0.1, 0.15) is 54.5 Å². The molecule has 0 spiro atoms. The van der Waals surface area contributed by atoms with Crippen LogP contribution in [0.15, 0.2) is 84.9 Å². The van der Waals surface area contributed by atoms with E-state index in [0.29, 0.717) is 33.5 Å². The topological polar surface area (TPSA) is 110 Å². The number of aromatic nitrogens is 1. The van der Waals surface area contributed by atoms with Crippen LogP contribution in [0.4, 0.5) is 17.6 Å². The van der Waals surface area contributed by atoms with Crippen LogP contribution >= 0.6 is 0 Å². The summed E-state index contributed by atoms with van der Waals surface area (Å²) in [5.74, 6) is -2.06. The van der Waals surface area contributed by atoms with Crippen molar-refractivity contribution in [2.45, 2.75) is 57.8 Å². The van der Waals surface area contributed by atoms with Crippen LogP contribution in [0.25, 0.3) is 28.3 Å². The second kappa shape index (κ2) is 15.8. The number of nitrogens with one attached hydrogen (secondary N) is 1. The fourth-order valence-electron chi connectivity index (χ4n) is 5.36. The van der Waals surface area contributed by atoms with Crippen molar-refractivity contribution in [3.63, 3.8) is 0 Å². The highest BCUT2D eigenvalue weighted by molar-refractivity contribution is 6.06. The summed E-state index contributed by atoms with van der Waals surface area (Å²) in [6.07, 6.45) is -4.68. The molecular weight excluding hydrogens is 632 g/mol. The maximum absolute atomic E-state index is 14.2. The Bertz CT molecular complexity index is 1730. The Kier molecular flexibility index (Phi) is 11.8. The molecule has 12 heteroatoms. The largest absolute Gasteiger partial charge is 0.573 e. The SMILES string of the molecule is COC(=O)C[C@H](O)C[C@H](O)C=Cc1c(-c2ccc(F)cc2)c(-c2ccccc2)c(C(=O)NCc2cccc(OC(F)(F)F)c2)n1C(C)C. The summed E-state index contributed by atoms with van der Waals surface area (Å²) in [6.45, 7) is 3.58. The summed E-state index contributed by atoms with van der Waals surface area (Å²) in [7, 11) is 1.19. The van der Waals surface area contributed by atoms with Crippen LogP contribution in [-0.4, -0.2) is 52.3 Å². The smallest absolute Gasteiger partial charge is 0.469 e. The third kappa shape index (κ3) is 9.33. The van der Waals surface area contributed by atoms with Crippen molar-refractivity contribution in [1.29, 1.82) is 0 Å². The van der Waals surface area contributed by atoms with E-state index in [1.807, 2.05) is 32.0 Å². The Morgan fingerprint density at radius 3 is 2.23 bits per heavy atom. The standard InChI is InChI=1S/C36H36F4N2O6/c1-22(2)42-30(17-16-27(43)19-28(44)20-31(45)47-3)32(25-12-14-26(37)15-13-25)33(24-9-5-4-6-10-24)34(42)35(46)41-21-23-8-7-11-29(18-23)48-36(38,39)40/h4-18,22,27-28,43-44H,19-21H2,1-3H3,(H,41,46)/t27-,28-/m1/s1. The van der Waals surface area contributed by atoms with Gasteiger partial charge in [0.25, 0.3) is 5.91 Å². The number of aliphatic hydroxyl groups excluding tert-OH is 2. The zero-order valence-corrected chi connectivity index (χ0v) is 26.5. The number of alkyl halides is 3. The Hall–Kier alpha value is -4.94. The highest BCUT2D eigenvalue weighted by atomic mass is 19.4. The van der Waals surface area contributed by atoms with Crippen molar-refractivity contribution in [1.82, 2.24) is 9.88 Å². The Morgan fingerprint density at radius 2 is 1.60 bits per heavy atom. The maximum atomic E-state index is 14.2. The second-order valence-corrected chi connectivity index (χ2v) is 11.3. The van der Waals surface area contributed by atoms with Gasteiger partial charge in [-0.2, -0.15) is 0 Å². The molecule has 0 aliphatic heterocycles. The molecule has 0 aliphatic rings. The van der Waals surface area contributed by atoms with Crippen molar-refractivity contribution in [3.05, 3.63) is 108 Å². The molecule has 4 aromatic rings. The van der Waals surface area contributed by atoms with Gasteiger partial charge in [-0.15, -0.1) is 13.2 Å². The summed E-state index contributed by atoms with van der Waals surface area (Å²) < 4.78 is 62.9. The van der Waals surface area contributed by atoms with Gasteiger partial charge in [-0.25, -0.2) is 4.39 Å². The molecule has 1 heterocycles. The number of benzene rings is 3. The first-order valence-corrected chi connectivity index (χ1v) is 15.1. The third-order valence-electron chi connectivity index (χ3n) is 7.38. The van der Waals surface area contributed by atoms with E-state index in [9.17, 15) is 37.4 Å². The molecule has 3 N–H and O–H groups in total. The van der Waals surface area contributed by atoms with Crippen LogP contribution in [0, 0.1) is 5.82 Å².